The molecule has 1 amide bonds. The number of ether oxygens (including phenoxy) is 1. The first-order valence-corrected chi connectivity index (χ1v) is 7.46. The normalized spacial score (nSPS) is 23.3. The maximum Gasteiger partial charge on any atom is 0.241 e. The molecule has 2 rings (SSSR count). The Morgan fingerprint density at radius 3 is 2.67 bits per heavy atom. The minimum atomic E-state index is -0.201. The van der Waals surface area contributed by atoms with Gasteiger partial charge in [0.2, 0.25) is 5.91 Å². The van der Waals surface area contributed by atoms with E-state index in [0.717, 1.165) is 24.3 Å². The highest BCUT2D eigenvalue weighted by Crippen LogP contribution is 2.20. The van der Waals surface area contributed by atoms with Crippen LogP contribution in [0.3, 0.4) is 0 Å². The van der Waals surface area contributed by atoms with E-state index >= 15 is 0 Å². The highest BCUT2D eigenvalue weighted by atomic mass is 16.5. The summed E-state index contributed by atoms with van der Waals surface area (Å²) < 4.78 is 5.58. The Bertz CT molecular complexity index is 475. The Hall–Kier alpha value is -1.43. The summed E-state index contributed by atoms with van der Waals surface area (Å²) in [7, 11) is 1.98. The SMILES string of the molecule is CC1OCCC1N(C)C(C)C(=O)Nc1ccc(CN)cc1. The van der Waals surface area contributed by atoms with Crippen LogP contribution in [0.25, 0.3) is 0 Å². The highest BCUT2D eigenvalue weighted by Gasteiger charge is 2.32. The van der Waals surface area contributed by atoms with Gasteiger partial charge in [0.1, 0.15) is 0 Å². The first-order valence-electron chi connectivity index (χ1n) is 7.46. The monoisotopic (exact) mass is 291 g/mol. The molecule has 3 unspecified atom stereocenters. The number of benzene rings is 1. The molecule has 5 heteroatoms. The number of carbonyl (C=O) groups is 1. The number of rotatable bonds is 5. The largest absolute Gasteiger partial charge is 0.377 e. The third-order valence-corrected chi connectivity index (χ3v) is 4.31. The lowest BCUT2D eigenvalue weighted by molar-refractivity contribution is -0.121. The molecule has 1 fully saturated rings. The molecule has 0 aromatic heterocycles. The minimum Gasteiger partial charge on any atom is -0.377 e. The topological polar surface area (TPSA) is 67.6 Å². The Morgan fingerprint density at radius 1 is 1.48 bits per heavy atom. The Balaban J connectivity index is 1.95. The van der Waals surface area contributed by atoms with E-state index in [1.54, 1.807) is 0 Å². The van der Waals surface area contributed by atoms with Crippen LogP contribution in [0.1, 0.15) is 25.8 Å². The van der Waals surface area contributed by atoms with Crippen molar-refractivity contribution < 1.29 is 9.53 Å². The van der Waals surface area contributed by atoms with Crippen molar-refractivity contribution in [2.24, 2.45) is 5.73 Å². The van der Waals surface area contributed by atoms with Crippen LogP contribution in [-0.2, 0) is 16.1 Å². The van der Waals surface area contributed by atoms with E-state index in [2.05, 4.69) is 17.1 Å². The Labute approximate surface area is 126 Å². The second-order valence-electron chi connectivity index (χ2n) is 5.66. The van der Waals surface area contributed by atoms with Crippen molar-refractivity contribution in [3.8, 4) is 0 Å². The average Bonchev–Trinajstić information content (AvgIpc) is 2.92. The van der Waals surface area contributed by atoms with Gasteiger partial charge in [-0.05, 0) is 45.0 Å². The van der Waals surface area contributed by atoms with Crippen molar-refractivity contribution in [3.63, 3.8) is 0 Å². The molecule has 1 aliphatic rings. The zero-order valence-electron chi connectivity index (χ0n) is 13.0. The first-order chi connectivity index (χ1) is 10.0. The molecule has 1 heterocycles. The van der Waals surface area contributed by atoms with Gasteiger partial charge in [-0.15, -0.1) is 0 Å². The molecule has 116 valence electrons. The van der Waals surface area contributed by atoms with Gasteiger partial charge < -0.3 is 15.8 Å². The number of hydrogen-bond acceptors (Lipinski definition) is 4. The molecule has 0 saturated carbocycles. The summed E-state index contributed by atoms with van der Waals surface area (Å²) in [5, 5.41) is 2.95. The fourth-order valence-electron chi connectivity index (χ4n) is 2.70. The molecule has 0 aliphatic carbocycles. The summed E-state index contributed by atoms with van der Waals surface area (Å²) in [6, 6.07) is 7.72. The van der Waals surface area contributed by atoms with Crippen molar-refractivity contribution in [1.82, 2.24) is 4.90 Å². The Morgan fingerprint density at radius 2 is 2.14 bits per heavy atom. The lowest BCUT2D eigenvalue weighted by Crippen LogP contribution is -2.47. The zero-order valence-corrected chi connectivity index (χ0v) is 13.0. The number of carbonyl (C=O) groups excluding carboxylic acids is 1. The number of nitrogens with one attached hydrogen (secondary N) is 1. The van der Waals surface area contributed by atoms with E-state index in [1.807, 2.05) is 38.2 Å². The van der Waals surface area contributed by atoms with Crippen molar-refractivity contribution in [2.45, 2.75) is 45.0 Å². The Kier molecular flexibility index (Phi) is 5.33. The molecule has 21 heavy (non-hydrogen) atoms. The van der Waals surface area contributed by atoms with Crippen molar-refractivity contribution >= 4 is 11.6 Å². The van der Waals surface area contributed by atoms with Crippen LogP contribution in [0.5, 0.6) is 0 Å². The third-order valence-electron chi connectivity index (χ3n) is 4.31. The first kappa shape index (κ1) is 15.9. The van der Waals surface area contributed by atoms with Gasteiger partial charge in [-0.2, -0.15) is 0 Å². The van der Waals surface area contributed by atoms with E-state index in [1.165, 1.54) is 0 Å². The second kappa shape index (κ2) is 7.02. The molecule has 3 N–H and O–H groups in total. The van der Waals surface area contributed by atoms with Crippen LogP contribution in [-0.4, -0.2) is 42.6 Å². The molecule has 1 aromatic carbocycles. The summed E-state index contributed by atoms with van der Waals surface area (Å²) in [4.78, 5) is 14.5. The van der Waals surface area contributed by atoms with Crippen LogP contribution in [0.4, 0.5) is 5.69 Å². The van der Waals surface area contributed by atoms with Gasteiger partial charge >= 0.3 is 0 Å². The van der Waals surface area contributed by atoms with E-state index in [-0.39, 0.29) is 18.1 Å². The predicted octanol–water partition coefficient (Wildman–Crippen LogP) is 1.58. The number of anilines is 1. The van der Waals surface area contributed by atoms with Gasteiger partial charge in [-0.25, -0.2) is 0 Å². The lowest BCUT2D eigenvalue weighted by atomic mass is 10.1. The summed E-state index contributed by atoms with van der Waals surface area (Å²) >= 11 is 0. The van der Waals surface area contributed by atoms with Gasteiger partial charge in [0.25, 0.3) is 0 Å². The molecular weight excluding hydrogens is 266 g/mol. The van der Waals surface area contributed by atoms with E-state index in [9.17, 15) is 4.79 Å². The average molecular weight is 291 g/mol. The summed E-state index contributed by atoms with van der Waals surface area (Å²) in [6.45, 7) is 5.26. The fraction of sp³-hybridized carbons (Fsp3) is 0.562. The van der Waals surface area contributed by atoms with Gasteiger partial charge in [-0.1, -0.05) is 12.1 Å². The number of hydrogen-bond donors (Lipinski definition) is 2. The van der Waals surface area contributed by atoms with Crippen molar-refractivity contribution in [3.05, 3.63) is 29.8 Å². The molecule has 1 saturated heterocycles. The highest BCUT2D eigenvalue weighted by molar-refractivity contribution is 5.94. The van der Waals surface area contributed by atoms with Gasteiger partial charge in [0, 0.05) is 24.9 Å². The summed E-state index contributed by atoms with van der Waals surface area (Å²) in [5.41, 5.74) is 7.42. The van der Waals surface area contributed by atoms with Crippen LogP contribution in [0.2, 0.25) is 0 Å². The minimum absolute atomic E-state index is 0.00269. The predicted molar refractivity (Wildman–Crippen MR) is 84.0 cm³/mol. The maximum atomic E-state index is 12.4. The fourth-order valence-corrected chi connectivity index (χ4v) is 2.70. The lowest BCUT2D eigenvalue weighted by Gasteiger charge is -2.31. The summed E-state index contributed by atoms with van der Waals surface area (Å²) in [6.07, 6.45) is 1.15. The smallest absolute Gasteiger partial charge is 0.241 e. The number of nitrogens with zero attached hydrogens (tertiary/aromatic N) is 1. The molecule has 5 nitrogen and oxygen atoms in total. The van der Waals surface area contributed by atoms with E-state index < -0.39 is 0 Å². The number of nitrogens with two attached hydrogens (primary N) is 1. The van der Waals surface area contributed by atoms with Gasteiger partial charge in [0.05, 0.1) is 12.1 Å². The van der Waals surface area contributed by atoms with Gasteiger partial charge in [0.15, 0.2) is 0 Å². The number of amides is 1. The van der Waals surface area contributed by atoms with Crippen LogP contribution in [0, 0.1) is 0 Å². The standard InChI is InChI=1S/C16H25N3O2/c1-11(19(3)15-8-9-21-12(15)2)16(20)18-14-6-4-13(10-17)5-7-14/h4-7,11-12,15H,8-10,17H2,1-3H3,(H,18,20). The third kappa shape index (κ3) is 3.81. The van der Waals surface area contributed by atoms with Crippen LogP contribution < -0.4 is 11.1 Å². The quantitative estimate of drug-likeness (QED) is 0.864. The van der Waals surface area contributed by atoms with Crippen molar-refractivity contribution in [1.29, 1.82) is 0 Å². The second-order valence-corrected chi connectivity index (χ2v) is 5.66. The van der Waals surface area contributed by atoms with Crippen LogP contribution in [0.15, 0.2) is 24.3 Å². The molecule has 0 spiro atoms. The zero-order chi connectivity index (χ0) is 15.4. The molecule has 0 bridgehead atoms. The maximum absolute atomic E-state index is 12.4. The van der Waals surface area contributed by atoms with E-state index in [0.29, 0.717) is 12.6 Å². The van der Waals surface area contributed by atoms with Crippen LogP contribution >= 0.6 is 0 Å². The molecule has 1 aromatic rings. The molecule has 1 aliphatic heterocycles. The van der Waals surface area contributed by atoms with Crippen molar-refractivity contribution in [2.75, 3.05) is 19.0 Å². The molecular formula is C16H25N3O2. The molecule has 3 atom stereocenters. The van der Waals surface area contributed by atoms with Gasteiger partial charge in [-0.3, -0.25) is 9.69 Å². The summed E-state index contributed by atoms with van der Waals surface area (Å²) in [5.74, 6) is -0.00269. The molecule has 0 radical (unpaired) electrons. The number of likely N-dealkylation sites (N-methyl/N-ethyl adjacent to an activating group) is 1. The van der Waals surface area contributed by atoms with E-state index in [4.69, 9.17) is 10.5 Å².